The lowest BCUT2D eigenvalue weighted by atomic mass is 10.7. The first-order chi connectivity index (χ1) is 7.45. The van der Waals surface area contributed by atoms with Crippen LogP contribution >= 0.6 is 0 Å². The Labute approximate surface area is 99.8 Å². The van der Waals surface area contributed by atoms with Gasteiger partial charge in [0.15, 0.2) is 0 Å². The number of ether oxygens (including phenoxy) is 3. The Balaban J connectivity index is 3.20. The van der Waals surface area contributed by atoms with Gasteiger partial charge in [0.05, 0.1) is 0 Å². The topological polar surface area (TPSA) is 51.8 Å². The van der Waals surface area contributed by atoms with Gasteiger partial charge in [-0.25, -0.2) is 10.9 Å². The van der Waals surface area contributed by atoms with Gasteiger partial charge >= 0.3 is 0 Å². The maximum absolute atomic E-state index is 5.44. The van der Waals surface area contributed by atoms with E-state index in [1.54, 1.807) is 7.11 Å². The van der Waals surface area contributed by atoms with Crippen molar-refractivity contribution in [2.24, 2.45) is 0 Å². The second kappa shape index (κ2) is 9.09. The van der Waals surface area contributed by atoms with Crippen molar-refractivity contribution >= 4 is 8.07 Å². The molecule has 5 nitrogen and oxygen atoms in total. The summed E-state index contributed by atoms with van der Waals surface area (Å²) in [6, 6.07) is 1.18. The highest BCUT2D eigenvalue weighted by Crippen LogP contribution is 2.06. The second-order valence-corrected chi connectivity index (χ2v) is 10.5. The van der Waals surface area contributed by atoms with Crippen LogP contribution in [-0.4, -0.2) is 41.5 Å². The van der Waals surface area contributed by atoms with Crippen molar-refractivity contribution in [3.05, 3.63) is 0 Å². The van der Waals surface area contributed by atoms with Crippen molar-refractivity contribution in [3.8, 4) is 0 Å². The van der Waals surface area contributed by atoms with E-state index in [-0.39, 0.29) is 13.0 Å². The molecule has 2 N–H and O–H groups in total. The second-order valence-electron chi connectivity index (χ2n) is 4.90. The zero-order valence-corrected chi connectivity index (χ0v) is 12.1. The van der Waals surface area contributed by atoms with Crippen LogP contribution in [0.1, 0.15) is 6.92 Å². The monoisotopic (exact) mass is 250 g/mol. The lowest BCUT2D eigenvalue weighted by Gasteiger charge is -2.17. The maximum atomic E-state index is 5.44. The van der Waals surface area contributed by atoms with Crippen LogP contribution in [0.4, 0.5) is 0 Å². The molecule has 1 atom stereocenters. The van der Waals surface area contributed by atoms with E-state index in [9.17, 15) is 0 Å². The minimum atomic E-state index is -0.971. The highest BCUT2D eigenvalue weighted by Gasteiger charge is 2.11. The third kappa shape index (κ3) is 12.1. The van der Waals surface area contributed by atoms with E-state index < -0.39 is 8.07 Å². The van der Waals surface area contributed by atoms with Crippen molar-refractivity contribution in [1.82, 2.24) is 10.9 Å². The Morgan fingerprint density at radius 3 is 2.50 bits per heavy atom. The van der Waals surface area contributed by atoms with Gasteiger partial charge in [0.2, 0.25) is 0 Å². The van der Waals surface area contributed by atoms with Crippen molar-refractivity contribution in [2.75, 3.05) is 27.2 Å². The molecule has 98 valence electrons. The average molecular weight is 250 g/mol. The Morgan fingerprint density at radius 2 is 1.94 bits per heavy atom. The average Bonchev–Trinajstić information content (AvgIpc) is 2.18. The molecule has 0 bridgehead atoms. The molecule has 0 amide bonds. The number of nitrogens with one attached hydrogen (secondary N) is 2. The molecule has 0 aromatic rings. The molecule has 0 rings (SSSR count). The molecule has 0 heterocycles. The molecule has 0 aliphatic carbocycles. The molecule has 6 heteroatoms. The first-order valence-electron chi connectivity index (χ1n) is 5.62. The van der Waals surface area contributed by atoms with E-state index in [1.165, 1.54) is 6.04 Å². The van der Waals surface area contributed by atoms with Gasteiger partial charge in [-0.05, 0) is 13.0 Å². The summed E-state index contributed by atoms with van der Waals surface area (Å²) < 4.78 is 15.4. The third-order valence-corrected chi connectivity index (χ3v) is 3.62. The van der Waals surface area contributed by atoms with E-state index in [0.29, 0.717) is 6.73 Å². The van der Waals surface area contributed by atoms with Crippen LogP contribution in [0, 0.1) is 0 Å². The van der Waals surface area contributed by atoms with Crippen LogP contribution < -0.4 is 10.9 Å². The molecule has 0 aliphatic rings. The van der Waals surface area contributed by atoms with Crippen molar-refractivity contribution < 1.29 is 14.2 Å². The molecule has 16 heavy (non-hydrogen) atoms. The molecule has 0 aromatic heterocycles. The first-order valence-corrected chi connectivity index (χ1v) is 9.33. The van der Waals surface area contributed by atoms with Crippen LogP contribution in [-0.2, 0) is 14.2 Å². The van der Waals surface area contributed by atoms with Gasteiger partial charge in [-0.15, -0.1) is 0 Å². The van der Waals surface area contributed by atoms with Crippen LogP contribution in [0.3, 0.4) is 0 Å². The highest BCUT2D eigenvalue weighted by molar-refractivity contribution is 6.76. The normalized spacial score (nSPS) is 14.1. The SMILES string of the molecule is COCOC(C)NNCOCC[Si](C)(C)C. The van der Waals surface area contributed by atoms with Gasteiger partial charge < -0.3 is 14.2 Å². The minimum Gasteiger partial charge on any atom is -0.365 e. The number of rotatable bonds is 10. The summed E-state index contributed by atoms with van der Waals surface area (Å²) in [5, 5.41) is 0. The Kier molecular flexibility index (Phi) is 9.10. The van der Waals surface area contributed by atoms with Crippen LogP contribution in [0.5, 0.6) is 0 Å². The summed E-state index contributed by atoms with van der Waals surface area (Å²) in [6.45, 7) is 10.5. The summed E-state index contributed by atoms with van der Waals surface area (Å²) in [7, 11) is 0.626. The minimum absolute atomic E-state index is 0.0967. The Hall–Kier alpha value is 0.0169. The molecular weight excluding hydrogens is 224 g/mol. The fraction of sp³-hybridized carbons (Fsp3) is 1.00. The number of hydrogen-bond acceptors (Lipinski definition) is 5. The maximum Gasteiger partial charge on any atom is 0.148 e. The van der Waals surface area contributed by atoms with E-state index in [0.717, 1.165) is 6.61 Å². The van der Waals surface area contributed by atoms with Crippen LogP contribution in [0.25, 0.3) is 0 Å². The Morgan fingerprint density at radius 1 is 1.25 bits per heavy atom. The molecule has 0 radical (unpaired) electrons. The standard InChI is InChI=1S/C10H26N2O3Si/c1-10(15-9-13-2)12-11-8-14-6-7-16(3,4)5/h10-12H,6-9H2,1-5H3. The van der Waals surface area contributed by atoms with Crippen molar-refractivity contribution in [1.29, 1.82) is 0 Å². The fourth-order valence-corrected chi connectivity index (χ4v) is 1.66. The fourth-order valence-electron chi connectivity index (χ4n) is 0.899. The van der Waals surface area contributed by atoms with Gasteiger partial charge in [0, 0.05) is 21.8 Å². The molecule has 0 aliphatic heterocycles. The Bertz CT molecular complexity index is 165. The van der Waals surface area contributed by atoms with Gasteiger partial charge in [-0.2, -0.15) is 0 Å². The smallest absolute Gasteiger partial charge is 0.148 e. The molecule has 0 spiro atoms. The predicted molar refractivity (Wildman–Crippen MR) is 67.7 cm³/mol. The third-order valence-electron chi connectivity index (χ3n) is 1.91. The van der Waals surface area contributed by atoms with E-state index >= 15 is 0 Å². The van der Waals surface area contributed by atoms with E-state index in [4.69, 9.17) is 14.2 Å². The number of hydrazine groups is 1. The van der Waals surface area contributed by atoms with Gasteiger partial charge in [0.1, 0.15) is 19.8 Å². The van der Waals surface area contributed by atoms with Gasteiger partial charge in [-0.3, -0.25) is 0 Å². The molecule has 0 aromatic carbocycles. The van der Waals surface area contributed by atoms with Gasteiger partial charge in [0.25, 0.3) is 0 Å². The predicted octanol–water partition coefficient (Wildman–Crippen LogP) is 1.36. The zero-order chi connectivity index (χ0) is 12.4. The number of methoxy groups -OCH3 is 1. The van der Waals surface area contributed by atoms with E-state index in [2.05, 4.69) is 30.5 Å². The summed E-state index contributed by atoms with van der Waals surface area (Å²) >= 11 is 0. The quantitative estimate of drug-likeness (QED) is 0.265. The van der Waals surface area contributed by atoms with E-state index in [1.807, 2.05) is 6.92 Å². The summed E-state index contributed by atoms with van der Waals surface area (Å²) in [5.74, 6) is 0. The summed E-state index contributed by atoms with van der Waals surface area (Å²) in [4.78, 5) is 0. The molecule has 0 saturated heterocycles. The highest BCUT2D eigenvalue weighted by atomic mass is 28.3. The number of hydrogen-bond donors (Lipinski definition) is 2. The largest absolute Gasteiger partial charge is 0.365 e. The molecule has 0 fully saturated rings. The molecule has 1 unspecified atom stereocenters. The first kappa shape index (κ1) is 16.0. The summed E-state index contributed by atoms with van der Waals surface area (Å²) in [5.41, 5.74) is 5.89. The molecular formula is C10H26N2O3Si. The van der Waals surface area contributed by atoms with Gasteiger partial charge in [-0.1, -0.05) is 19.6 Å². The summed E-state index contributed by atoms with van der Waals surface area (Å²) in [6.07, 6.45) is -0.0967. The van der Waals surface area contributed by atoms with Crippen LogP contribution in [0.2, 0.25) is 25.7 Å². The lowest BCUT2D eigenvalue weighted by Crippen LogP contribution is -2.42. The molecule has 0 saturated carbocycles. The zero-order valence-electron chi connectivity index (χ0n) is 11.1. The van der Waals surface area contributed by atoms with Crippen LogP contribution in [0.15, 0.2) is 0 Å². The lowest BCUT2D eigenvalue weighted by molar-refractivity contribution is -0.0838. The van der Waals surface area contributed by atoms with Crippen molar-refractivity contribution in [2.45, 2.75) is 38.8 Å². The van der Waals surface area contributed by atoms with Crippen molar-refractivity contribution in [3.63, 3.8) is 0 Å².